The number of benzene rings is 2. The normalized spacial score (nSPS) is 18.5. The van der Waals surface area contributed by atoms with Crippen LogP contribution in [0.5, 0.6) is 0 Å². The van der Waals surface area contributed by atoms with E-state index in [0.717, 1.165) is 21.8 Å². The van der Waals surface area contributed by atoms with Crippen LogP contribution in [0.15, 0.2) is 45.3 Å². The van der Waals surface area contributed by atoms with Crippen LogP contribution in [0.4, 0.5) is 0 Å². The molecule has 2 aromatic rings. The van der Waals surface area contributed by atoms with Gasteiger partial charge in [-0.3, -0.25) is 5.41 Å². The van der Waals surface area contributed by atoms with Gasteiger partial charge in [0.05, 0.1) is 0 Å². The third-order valence-corrected chi connectivity index (χ3v) is 5.62. The number of fused-ring (bicyclic) bond motifs is 5. The molecule has 2 aromatic carbocycles. The fraction of sp³-hybridized carbons (Fsp3) is 0.222. The summed E-state index contributed by atoms with van der Waals surface area (Å²) in [5.41, 5.74) is 5.66. The number of halogens is 2. The average Bonchev–Trinajstić information content (AvgIpc) is 2.59. The monoisotopic (exact) mass is 756 g/mol. The zero-order chi connectivity index (χ0) is 14.1. The van der Waals surface area contributed by atoms with Gasteiger partial charge in [-0.25, -0.2) is 0 Å². The molecule has 2 aliphatic rings. The minimum atomic E-state index is -0.0521. The van der Waals surface area contributed by atoms with E-state index in [1.54, 1.807) is 0 Å². The Morgan fingerprint density at radius 2 is 1.18 bits per heavy atom. The van der Waals surface area contributed by atoms with Crippen molar-refractivity contribution in [3.63, 3.8) is 0 Å². The number of rotatable bonds is 0. The van der Waals surface area contributed by atoms with Crippen molar-refractivity contribution in [1.29, 1.82) is 0 Å². The fourth-order valence-corrected chi connectivity index (χ4v) is 4.77. The van der Waals surface area contributed by atoms with Gasteiger partial charge in [0.1, 0.15) is 0 Å². The first-order valence-corrected chi connectivity index (χ1v) is 8.31. The van der Waals surface area contributed by atoms with Crippen molar-refractivity contribution in [3.05, 3.63) is 70.3 Å². The van der Waals surface area contributed by atoms with Crippen LogP contribution in [0, 0.1) is 19.3 Å². The van der Waals surface area contributed by atoms with E-state index in [-0.39, 0.29) is 53.0 Å². The molecular weight excluding hydrogens is 744 g/mol. The summed E-state index contributed by atoms with van der Waals surface area (Å²) in [6, 6.07) is 13.3. The molecule has 0 N–H and O–H groups in total. The van der Waals surface area contributed by atoms with Crippen LogP contribution in [0.3, 0.4) is 0 Å². The van der Waals surface area contributed by atoms with Gasteiger partial charge in [0.2, 0.25) is 0 Å². The standard InChI is InChI=1S/C18H14Br2.2W/c1-17(2)9-18(10-17)15-7-11(19)3-5-13(15)14-6-4-12(20)8-16(14)18;;/h3-8H,1-2,9-10H2;;/q-2;;. The maximum Gasteiger partial charge on any atom is 0.0178 e. The summed E-state index contributed by atoms with van der Waals surface area (Å²) in [6.45, 7) is 8.50. The second-order valence-electron chi connectivity index (χ2n) is 6.32. The molecule has 0 atom stereocenters. The molecule has 0 bridgehead atoms. The van der Waals surface area contributed by atoms with Crippen molar-refractivity contribution >= 4 is 31.9 Å². The van der Waals surface area contributed by atoms with Crippen LogP contribution in [0.25, 0.3) is 11.1 Å². The predicted octanol–water partition coefficient (Wildman–Crippen LogP) is 5.92. The van der Waals surface area contributed by atoms with E-state index in [2.05, 4.69) is 82.1 Å². The Kier molecular flexibility index (Phi) is 5.43. The summed E-state index contributed by atoms with van der Waals surface area (Å²) >= 11 is 7.23. The van der Waals surface area contributed by atoms with Gasteiger partial charge in [0.25, 0.3) is 0 Å². The zero-order valence-electron chi connectivity index (χ0n) is 11.9. The number of hydrogen-bond donors (Lipinski definition) is 0. The molecule has 0 aliphatic heterocycles. The molecule has 0 nitrogen and oxygen atoms in total. The van der Waals surface area contributed by atoms with Gasteiger partial charge in [-0.2, -0.15) is 0 Å². The second-order valence-corrected chi connectivity index (χ2v) is 8.15. The molecule has 1 saturated carbocycles. The zero-order valence-corrected chi connectivity index (χ0v) is 20.9. The SMILES string of the molecule is [CH2-]C1([CH2-])CC2(C1)c1cc(Br)ccc1-c1ccc(Br)cc12.[W].[W]. The summed E-state index contributed by atoms with van der Waals surface area (Å²) in [7, 11) is 0. The first kappa shape index (κ1) is 19.1. The van der Waals surface area contributed by atoms with Crippen molar-refractivity contribution in [3.8, 4) is 11.1 Å². The Balaban J connectivity index is 0.000000882. The minimum Gasteiger partial charge on any atom is -0.367 e. The fourth-order valence-electron chi connectivity index (χ4n) is 4.05. The topological polar surface area (TPSA) is 0 Å². The number of hydrogen-bond acceptors (Lipinski definition) is 0. The van der Waals surface area contributed by atoms with Crippen molar-refractivity contribution in [2.45, 2.75) is 18.3 Å². The van der Waals surface area contributed by atoms with Crippen molar-refractivity contribution in [2.24, 2.45) is 5.41 Å². The van der Waals surface area contributed by atoms with Crippen LogP contribution < -0.4 is 0 Å². The van der Waals surface area contributed by atoms with Crippen molar-refractivity contribution in [1.82, 2.24) is 0 Å². The summed E-state index contributed by atoms with van der Waals surface area (Å²) in [5.74, 6) is 0. The predicted molar refractivity (Wildman–Crippen MR) is 90.4 cm³/mol. The van der Waals surface area contributed by atoms with E-state index >= 15 is 0 Å². The van der Waals surface area contributed by atoms with Crippen molar-refractivity contribution in [2.75, 3.05) is 0 Å². The van der Waals surface area contributed by atoms with Crippen LogP contribution >= 0.6 is 31.9 Å². The average molecular weight is 758 g/mol. The maximum atomic E-state index is 4.25. The van der Waals surface area contributed by atoms with Crippen LogP contribution in [-0.4, -0.2) is 0 Å². The van der Waals surface area contributed by atoms with E-state index in [4.69, 9.17) is 0 Å². The molecular formula is C18H14Br2W2-2. The van der Waals surface area contributed by atoms with E-state index in [1.165, 1.54) is 22.3 Å². The van der Waals surface area contributed by atoms with Crippen molar-refractivity contribution < 1.29 is 42.1 Å². The largest absolute Gasteiger partial charge is 0.367 e. The van der Waals surface area contributed by atoms with Gasteiger partial charge in [0.15, 0.2) is 0 Å². The summed E-state index contributed by atoms with van der Waals surface area (Å²) in [6.07, 6.45) is 2.04. The molecule has 114 valence electrons. The van der Waals surface area contributed by atoms with Gasteiger partial charge < -0.3 is 13.8 Å². The Labute approximate surface area is 177 Å². The van der Waals surface area contributed by atoms with E-state index < -0.39 is 0 Å². The molecule has 4 rings (SSSR count). The minimum absolute atomic E-state index is 0. The molecule has 1 spiro atoms. The van der Waals surface area contributed by atoms with E-state index in [9.17, 15) is 0 Å². The molecule has 0 heterocycles. The van der Waals surface area contributed by atoms with Gasteiger partial charge in [0, 0.05) is 56.5 Å². The first-order valence-electron chi connectivity index (χ1n) is 6.73. The molecule has 4 heteroatoms. The molecule has 0 saturated heterocycles. The summed E-state index contributed by atoms with van der Waals surface area (Å²) in [4.78, 5) is 0. The van der Waals surface area contributed by atoms with Crippen LogP contribution in [0.1, 0.15) is 24.0 Å². The smallest absolute Gasteiger partial charge is 0.0178 e. The van der Waals surface area contributed by atoms with E-state index in [1.807, 2.05) is 0 Å². The Morgan fingerprint density at radius 1 is 0.773 bits per heavy atom. The first-order chi connectivity index (χ1) is 9.41. The maximum absolute atomic E-state index is 4.25. The Bertz CT molecular complexity index is 676. The molecule has 0 radical (unpaired) electrons. The molecule has 0 amide bonds. The quantitative estimate of drug-likeness (QED) is 0.293. The third-order valence-electron chi connectivity index (χ3n) is 4.64. The second kappa shape index (κ2) is 6.25. The van der Waals surface area contributed by atoms with Gasteiger partial charge in [-0.15, -0.1) is 0 Å². The molecule has 0 aromatic heterocycles. The van der Waals surface area contributed by atoms with Crippen LogP contribution in [0.2, 0.25) is 0 Å². The molecule has 1 fully saturated rings. The molecule has 0 unspecified atom stereocenters. The van der Waals surface area contributed by atoms with Gasteiger partial charge >= 0.3 is 0 Å². The Hall–Kier alpha value is 0.777. The molecule has 22 heavy (non-hydrogen) atoms. The van der Waals surface area contributed by atoms with Gasteiger partial charge in [-0.1, -0.05) is 56.8 Å². The van der Waals surface area contributed by atoms with Gasteiger partial charge in [-0.05, 0) is 46.5 Å². The summed E-state index contributed by atoms with van der Waals surface area (Å²) < 4.78 is 2.29. The summed E-state index contributed by atoms with van der Waals surface area (Å²) in [5, 5.41) is 0. The van der Waals surface area contributed by atoms with E-state index in [0.29, 0.717) is 0 Å². The third kappa shape index (κ3) is 2.71. The van der Waals surface area contributed by atoms with Crippen LogP contribution in [-0.2, 0) is 47.5 Å². The Morgan fingerprint density at radius 3 is 1.55 bits per heavy atom. The molecule has 2 aliphatic carbocycles.